The van der Waals surface area contributed by atoms with Crippen LogP contribution in [0, 0.1) is 12.7 Å². The molecule has 0 atom stereocenters. The summed E-state index contributed by atoms with van der Waals surface area (Å²) in [4.78, 5) is 7.89. The fourth-order valence-electron chi connectivity index (χ4n) is 1.66. The minimum absolute atomic E-state index is 0. The summed E-state index contributed by atoms with van der Waals surface area (Å²) in [5, 5.41) is 0. The van der Waals surface area contributed by atoms with Gasteiger partial charge >= 0.3 is 0 Å². The molecular weight excluding hydrogens is 360 g/mol. The van der Waals surface area contributed by atoms with Gasteiger partial charge in [0.15, 0.2) is 5.96 Å². The van der Waals surface area contributed by atoms with Gasteiger partial charge in [-0.05, 0) is 24.6 Å². The summed E-state index contributed by atoms with van der Waals surface area (Å²) in [7, 11) is 0. The zero-order chi connectivity index (χ0) is 13.1. The number of halogens is 2. The van der Waals surface area contributed by atoms with Crippen LogP contribution in [0.15, 0.2) is 35.6 Å². The predicted molar refractivity (Wildman–Crippen MR) is 83.2 cm³/mol. The molecule has 1 aromatic carbocycles. The lowest BCUT2D eigenvalue weighted by atomic mass is 10.2. The van der Waals surface area contributed by atoms with Crippen LogP contribution in [-0.4, -0.2) is 15.5 Å². The number of benzene rings is 1. The number of imidazole rings is 1. The molecule has 102 valence electrons. The molecule has 0 bridgehead atoms. The second kappa shape index (κ2) is 6.50. The lowest BCUT2D eigenvalue weighted by molar-refractivity contribution is 0.614. The largest absolute Gasteiger partial charge is 0.370 e. The maximum atomic E-state index is 14.0. The van der Waals surface area contributed by atoms with Gasteiger partial charge in [0.1, 0.15) is 11.6 Å². The monoisotopic (exact) mass is 375 g/mol. The molecule has 0 aliphatic heterocycles. The van der Waals surface area contributed by atoms with E-state index in [0.29, 0.717) is 11.3 Å². The van der Waals surface area contributed by atoms with Gasteiger partial charge in [-0.1, -0.05) is 6.07 Å². The number of nitrogens with zero attached hydrogens (tertiary/aromatic N) is 3. The summed E-state index contributed by atoms with van der Waals surface area (Å²) < 4.78 is 15.6. The highest BCUT2D eigenvalue weighted by Gasteiger charge is 2.07. The van der Waals surface area contributed by atoms with Crippen molar-refractivity contribution in [1.82, 2.24) is 9.55 Å². The van der Waals surface area contributed by atoms with E-state index >= 15 is 0 Å². The third-order valence-corrected chi connectivity index (χ3v) is 2.54. The Morgan fingerprint density at radius 1 is 1.42 bits per heavy atom. The normalized spacial score (nSPS) is 9.79. The minimum atomic E-state index is -0.334. The Hall–Kier alpha value is -1.64. The third kappa shape index (κ3) is 3.66. The van der Waals surface area contributed by atoms with Crippen molar-refractivity contribution in [2.45, 2.75) is 13.5 Å². The van der Waals surface area contributed by atoms with Crippen LogP contribution in [0.1, 0.15) is 11.4 Å². The smallest absolute Gasteiger partial charge is 0.186 e. The summed E-state index contributed by atoms with van der Waals surface area (Å²) in [6.07, 6.45) is 3.34. The molecule has 0 radical (unpaired) electrons. The third-order valence-electron chi connectivity index (χ3n) is 2.54. The highest BCUT2D eigenvalue weighted by Crippen LogP contribution is 2.17. The van der Waals surface area contributed by atoms with Gasteiger partial charge in [0.2, 0.25) is 0 Å². The molecule has 1 heterocycles. The summed E-state index contributed by atoms with van der Waals surface area (Å²) in [5.41, 5.74) is 11.6. The van der Waals surface area contributed by atoms with Crippen LogP contribution in [0.2, 0.25) is 0 Å². The van der Waals surface area contributed by atoms with E-state index in [1.807, 2.05) is 6.92 Å². The number of aliphatic imine (C=N–C) groups is 1. The van der Waals surface area contributed by atoms with Crippen molar-refractivity contribution in [3.63, 3.8) is 0 Å². The van der Waals surface area contributed by atoms with Crippen molar-refractivity contribution in [3.05, 3.63) is 47.8 Å². The van der Waals surface area contributed by atoms with E-state index in [-0.39, 0.29) is 42.3 Å². The first-order chi connectivity index (χ1) is 8.58. The Labute approximate surface area is 127 Å². The standard InChI is InChI=1S/C12H14FN5.HI/c1-8-16-4-5-18(8)11-3-2-9(6-10(11)13)7-17-12(14)15;/h2-6H,7H2,1H3,(H4,14,15,17);1H. The van der Waals surface area contributed by atoms with E-state index < -0.39 is 0 Å². The van der Waals surface area contributed by atoms with Crippen molar-refractivity contribution in [1.29, 1.82) is 0 Å². The maximum Gasteiger partial charge on any atom is 0.186 e. The quantitative estimate of drug-likeness (QED) is 0.487. The van der Waals surface area contributed by atoms with Gasteiger partial charge < -0.3 is 16.0 Å². The molecule has 0 amide bonds. The molecule has 0 spiro atoms. The summed E-state index contributed by atoms with van der Waals surface area (Å²) in [6.45, 7) is 2.08. The van der Waals surface area contributed by atoms with Gasteiger partial charge in [-0.2, -0.15) is 0 Å². The van der Waals surface area contributed by atoms with Crippen LogP contribution < -0.4 is 11.5 Å². The van der Waals surface area contributed by atoms with E-state index in [2.05, 4.69) is 9.98 Å². The van der Waals surface area contributed by atoms with Gasteiger partial charge in [0.05, 0.1) is 12.2 Å². The van der Waals surface area contributed by atoms with Gasteiger partial charge in [-0.25, -0.2) is 14.4 Å². The van der Waals surface area contributed by atoms with Crippen molar-refractivity contribution in [2.24, 2.45) is 16.5 Å². The zero-order valence-electron chi connectivity index (χ0n) is 10.4. The van der Waals surface area contributed by atoms with Gasteiger partial charge in [-0.3, -0.25) is 0 Å². The van der Waals surface area contributed by atoms with E-state index in [4.69, 9.17) is 11.5 Å². The first kappa shape index (κ1) is 15.4. The topological polar surface area (TPSA) is 82.2 Å². The fraction of sp³-hybridized carbons (Fsp3) is 0.167. The molecule has 4 N–H and O–H groups in total. The van der Waals surface area contributed by atoms with Crippen LogP contribution in [0.4, 0.5) is 4.39 Å². The average molecular weight is 375 g/mol. The number of aryl methyl sites for hydroxylation is 1. The van der Waals surface area contributed by atoms with Crippen molar-refractivity contribution in [2.75, 3.05) is 0 Å². The predicted octanol–water partition coefficient (Wildman–Crippen LogP) is 1.71. The number of nitrogens with two attached hydrogens (primary N) is 2. The summed E-state index contributed by atoms with van der Waals surface area (Å²) >= 11 is 0. The lowest BCUT2D eigenvalue weighted by Gasteiger charge is -2.07. The van der Waals surface area contributed by atoms with Gasteiger partial charge in [0.25, 0.3) is 0 Å². The molecular formula is C12H15FIN5. The summed E-state index contributed by atoms with van der Waals surface area (Å²) in [5.74, 6) is 0.384. The molecule has 0 aliphatic rings. The Morgan fingerprint density at radius 3 is 2.68 bits per heavy atom. The highest BCUT2D eigenvalue weighted by atomic mass is 127. The Balaban J connectivity index is 0.00000180. The van der Waals surface area contributed by atoms with E-state index in [1.165, 1.54) is 6.07 Å². The molecule has 2 rings (SSSR count). The molecule has 0 saturated carbocycles. The Kier molecular flexibility index (Phi) is 5.28. The lowest BCUT2D eigenvalue weighted by Crippen LogP contribution is -2.22. The highest BCUT2D eigenvalue weighted by molar-refractivity contribution is 14.0. The second-order valence-corrected chi connectivity index (χ2v) is 3.87. The Bertz CT molecular complexity index is 590. The molecule has 2 aromatic rings. The first-order valence-electron chi connectivity index (χ1n) is 5.42. The molecule has 5 nitrogen and oxygen atoms in total. The van der Waals surface area contributed by atoms with Crippen molar-refractivity contribution < 1.29 is 4.39 Å². The molecule has 7 heteroatoms. The maximum absolute atomic E-state index is 14.0. The zero-order valence-corrected chi connectivity index (χ0v) is 12.7. The molecule has 1 aromatic heterocycles. The van der Waals surface area contributed by atoms with E-state index in [9.17, 15) is 4.39 Å². The van der Waals surface area contributed by atoms with Crippen LogP contribution in [0.5, 0.6) is 0 Å². The van der Waals surface area contributed by atoms with Crippen LogP contribution >= 0.6 is 24.0 Å². The first-order valence-corrected chi connectivity index (χ1v) is 5.42. The van der Waals surface area contributed by atoms with E-state index in [0.717, 1.165) is 5.82 Å². The molecule has 19 heavy (non-hydrogen) atoms. The number of hydrogen-bond donors (Lipinski definition) is 2. The average Bonchev–Trinajstić information content (AvgIpc) is 2.73. The van der Waals surface area contributed by atoms with E-state index in [1.54, 1.807) is 29.1 Å². The number of aromatic nitrogens is 2. The fourth-order valence-corrected chi connectivity index (χ4v) is 1.66. The molecule has 0 aliphatic carbocycles. The molecule has 0 unspecified atom stereocenters. The Morgan fingerprint density at radius 2 is 2.16 bits per heavy atom. The minimum Gasteiger partial charge on any atom is -0.370 e. The molecule has 0 fully saturated rings. The van der Waals surface area contributed by atoms with Gasteiger partial charge in [-0.15, -0.1) is 24.0 Å². The summed E-state index contributed by atoms with van der Waals surface area (Å²) in [6, 6.07) is 4.88. The molecule has 0 saturated heterocycles. The van der Waals surface area contributed by atoms with Crippen LogP contribution in [-0.2, 0) is 6.54 Å². The SMILES string of the molecule is Cc1nccn1-c1ccc(CN=C(N)N)cc1F.I. The number of hydrogen-bond acceptors (Lipinski definition) is 2. The van der Waals surface area contributed by atoms with Gasteiger partial charge in [0, 0.05) is 12.4 Å². The number of guanidine groups is 1. The van der Waals surface area contributed by atoms with Crippen LogP contribution in [0.3, 0.4) is 0 Å². The van der Waals surface area contributed by atoms with Crippen LogP contribution in [0.25, 0.3) is 5.69 Å². The second-order valence-electron chi connectivity index (χ2n) is 3.87. The van der Waals surface area contributed by atoms with Crippen molar-refractivity contribution >= 4 is 29.9 Å². The number of rotatable bonds is 3. The van der Waals surface area contributed by atoms with Crippen molar-refractivity contribution in [3.8, 4) is 5.69 Å².